The van der Waals surface area contributed by atoms with Gasteiger partial charge in [-0.2, -0.15) is 0 Å². The number of pyridine rings is 1. The fourth-order valence-electron chi connectivity index (χ4n) is 7.80. The molecule has 3 amide bonds. The number of amides is 3. The number of aromatic amines is 2. The number of carbonyl (C=O) groups is 3. The van der Waals surface area contributed by atoms with Gasteiger partial charge in [-0.1, -0.05) is 81.3 Å². The minimum atomic E-state index is -0.677. The van der Waals surface area contributed by atoms with E-state index in [-0.39, 0.29) is 35.6 Å². The van der Waals surface area contributed by atoms with Crippen molar-refractivity contribution in [1.82, 2.24) is 40.5 Å². The zero-order valence-electron chi connectivity index (χ0n) is 31.0. The summed E-state index contributed by atoms with van der Waals surface area (Å²) in [6.45, 7) is 4.89. The van der Waals surface area contributed by atoms with Gasteiger partial charge >= 0.3 is 6.09 Å². The van der Waals surface area contributed by atoms with Crippen LogP contribution in [0.2, 0.25) is 0 Å². The molecule has 4 heterocycles. The zero-order chi connectivity index (χ0) is 37.6. The molecule has 0 bridgehead atoms. The Balaban J connectivity index is 0.988. The molecule has 12 heteroatoms. The first-order valence-corrected chi connectivity index (χ1v) is 18.9. The second-order valence-electron chi connectivity index (χ2n) is 14.6. The number of alkyl carbamates (subject to hydrolysis) is 1. The molecular formula is C42H48N8O4. The summed E-state index contributed by atoms with van der Waals surface area (Å²) in [4.78, 5) is 61.1. The average Bonchev–Trinajstić information content (AvgIpc) is 4.01. The van der Waals surface area contributed by atoms with Crippen LogP contribution in [-0.2, 0) is 20.9 Å². The largest absolute Gasteiger partial charge is 0.453 e. The molecule has 2 unspecified atom stereocenters. The average molecular weight is 729 g/mol. The Morgan fingerprint density at radius 2 is 1.44 bits per heavy atom. The van der Waals surface area contributed by atoms with E-state index in [1.165, 1.54) is 7.11 Å². The maximum atomic E-state index is 13.5. The summed E-state index contributed by atoms with van der Waals surface area (Å²) < 4.78 is 4.76. The Bertz CT molecular complexity index is 2040. The van der Waals surface area contributed by atoms with Gasteiger partial charge in [-0.25, -0.2) is 14.8 Å². The highest BCUT2D eigenvalue weighted by Gasteiger charge is 2.38. The topological polar surface area (TPSA) is 158 Å². The van der Waals surface area contributed by atoms with E-state index in [0.717, 1.165) is 89.4 Å². The number of imidazole rings is 2. The molecule has 54 heavy (non-hydrogen) atoms. The first-order valence-electron chi connectivity index (χ1n) is 18.9. The van der Waals surface area contributed by atoms with Crippen molar-refractivity contribution in [2.75, 3.05) is 13.7 Å². The second-order valence-corrected chi connectivity index (χ2v) is 14.6. The molecule has 2 aromatic carbocycles. The third-order valence-electron chi connectivity index (χ3n) is 10.8. The summed E-state index contributed by atoms with van der Waals surface area (Å²) in [7, 11) is 1.30. The standard InChI is InChI=1S/C42H48N8O4/c1-26(2)37(49-42(53)54-3)41(52)50-21-7-11-36(50)39-45-25-35(48-39)31-18-14-29(15-19-31)28-12-16-30(17-13-28)34-24-44-38(47-34)32-9-4-5-10-33(32)40(51)46-23-27-8-6-20-43-22-27/h6,8,12-20,22,24-26,32-33,36-37H,4-5,7,9-11,21,23H2,1-3H3,(H,44,47)(H,45,48)(H,46,51)(H,49,53)/t32?,33?,36-,37-/m0/s1. The number of carbonyl (C=O) groups excluding carboxylic acids is 3. The molecule has 4 N–H and O–H groups in total. The van der Waals surface area contributed by atoms with Crippen LogP contribution >= 0.6 is 0 Å². The molecule has 7 rings (SSSR count). The van der Waals surface area contributed by atoms with E-state index in [2.05, 4.69) is 79.1 Å². The van der Waals surface area contributed by atoms with Gasteiger partial charge in [0.1, 0.15) is 17.7 Å². The van der Waals surface area contributed by atoms with Crippen LogP contribution in [0, 0.1) is 11.8 Å². The summed E-state index contributed by atoms with van der Waals surface area (Å²) in [5, 5.41) is 5.82. The van der Waals surface area contributed by atoms with Gasteiger partial charge in [0.25, 0.3) is 0 Å². The van der Waals surface area contributed by atoms with E-state index < -0.39 is 12.1 Å². The number of nitrogens with one attached hydrogen (secondary N) is 4. The Morgan fingerprint density at radius 3 is 2.07 bits per heavy atom. The Hall–Kier alpha value is -5.78. The molecule has 4 atom stereocenters. The van der Waals surface area contributed by atoms with Gasteiger partial charge in [-0.05, 0) is 65.5 Å². The number of hydrogen-bond acceptors (Lipinski definition) is 7. The number of nitrogens with zero attached hydrogens (tertiary/aromatic N) is 4. The van der Waals surface area contributed by atoms with Crippen LogP contribution in [-0.4, -0.2) is 67.4 Å². The molecule has 280 valence electrons. The molecule has 2 aliphatic rings. The first kappa shape index (κ1) is 36.6. The highest BCUT2D eigenvalue weighted by molar-refractivity contribution is 5.86. The molecule has 1 aliphatic heterocycles. The molecule has 12 nitrogen and oxygen atoms in total. The molecule has 3 aromatic heterocycles. The third kappa shape index (κ3) is 8.07. The highest BCUT2D eigenvalue weighted by Crippen LogP contribution is 2.38. The minimum Gasteiger partial charge on any atom is -0.453 e. The predicted octanol–water partition coefficient (Wildman–Crippen LogP) is 7.16. The summed E-state index contributed by atoms with van der Waals surface area (Å²) >= 11 is 0. The number of ether oxygens (including phenoxy) is 1. The van der Waals surface area contributed by atoms with E-state index in [1.54, 1.807) is 12.4 Å². The van der Waals surface area contributed by atoms with Crippen molar-refractivity contribution < 1.29 is 19.1 Å². The van der Waals surface area contributed by atoms with Crippen LogP contribution in [0.25, 0.3) is 33.6 Å². The monoisotopic (exact) mass is 728 g/mol. The normalized spacial score (nSPS) is 19.0. The Morgan fingerprint density at radius 1 is 0.815 bits per heavy atom. The molecular weight excluding hydrogens is 681 g/mol. The SMILES string of the molecule is COC(=O)N[C@H](C(=O)N1CCC[C@H]1c1ncc(-c2ccc(-c3ccc(-c4cnc(C5CCCCC5C(=O)NCc5cccnc5)[nH]4)cc3)cc2)[nH]1)C(C)C. The van der Waals surface area contributed by atoms with Crippen LogP contribution in [0.3, 0.4) is 0 Å². The second kappa shape index (κ2) is 16.5. The molecule has 5 aromatic rings. The smallest absolute Gasteiger partial charge is 0.407 e. The van der Waals surface area contributed by atoms with Gasteiger partial charge in [0.2, 0.25) is 11.8 Å². The van der Waals surface area contributed by atoms with Crippen molar-refractivity contribution in [3.05, 3.63) is 103 Å². The van der Waals surface area contributed by atoms with Crippen molar-refractivity contribution in [1.29, 1.82) is 0 Å². The van der Waals surface area contributed by atoms with E-state index in [1.807, 2.05) is 43.3 Å². The number of likely N-dealkylation sites (tertiary alicyclic amines) is 1. The zero-order valence-corrected chi connectivity index (χ0v) is 31.0. The van der Waals surface area contributed by atoms with E-state index in [0.29, 0.717) is 13.1 Å². The van der Waals surface area contributed by atoms with Crippen molar-refractivity contribution >= 4 is 17.9 Å². The maximum absolute atomic E-state index is 13.5. The quantitative estimate of drug-likeness (QED) is 0.112. The fraction of sp³-hybridized carbons (Fsp3) is 0.381. The fourth-order valence-corrected chi connectivity index (χ4v) is 7.80. The third-order valence-corrected chi connectivity index (χ3v) is 10.8. The van der Waals surface area contributed by atoms with Gasteiger partial charge in [0.15, 0.2) is 0 Å². The van der Waals surface area contributed by atoms with E-state index >= 15 is 0 Å². The summed E-state index contributed by atoms with van der Waals surface area (Å²) in [5.41, 5.74) is 7.00. The van der Waals surface area contributed by atoms with Crippen molar-refractivity contribution in [3.63, 3.8) is 0 Å². The number of aromatic nitrogens is 5. The van der Waals surface area contributed by atoms with Crippen molar-refractivity contribution in [3.8, 4) is 33.6 Å². The number of hydrogen-bond donors (Lipinski definition) is 4. The number of methoxy groups -OCH3 is 1. The van der Waals surface area contributed by atoms with Crippen LogP contribution in [0.1, 0.15) is 81.5 Å². The van der Waals surface area contributed by atoms with Crippen molar-refractivity contribution in [2.24, 2.45) is 11.8 Å². The van der Waals surface area contributed by atoms with Crippen LogP contribution in [0.4, 0.5) is 4.79 Å². The Labute approximate surface area is 315 Å². The Kier molecular flexibility index (Phi) is 11.2. The van der Waals surface area contributed by atoms with Crippen LogP contribution < -0.4 is 10.6 Å². The summed E-state index contributed by atoms with van der Waals surface area (Å²) in [5.74, 6) is 1.39. The van der Waals surface area contributed by atoms with Gasteiger partial charge < -0.3 is 30.2 Å². The summed E-state index contributed by atoms with van der Waals surface area (Å²) in [6.07, 6.45) is 12.1. The van der Waals surface area contributed by atoms with Crippen LogP contribution in [0.15, 0.2) is 85.5 Å². The minimum absolute atomic E-state index is 0.0531. The van der Waals surface area contributed by atoms with Gasteiger partial charge in [0.05, 0.1) is 36.9 Å². The lowest BCUT2D eigenvalue weighted by Gasteiger charge is -2.30. The van der Waals surface area contributed by atoms with Crippen molar-refractivity contribution in [2.45, 2.75) is 76.9 Å². The van der Waals surface area contributed by atoms with Gasteiger partial charge in [-0.15, -0.1) is 0 Å². The lowest BCUT2D eigenvalue weighted by atomic mass is 9.78. The molecule has 0 spiro atoms. The number of H-pyrrole nitrogens is 2. The molecule has 1 saturated carbocycles. The lowest BCUT2D eigenvalue weighted by Crippen LogP contribution is -2.51. The van der Waals surface area contributed by atoms with E-state index in [4.69, 9.17) is 9.72 Å². The molecule has 0 radical (unpaired) electrons. The maximum Gasteiger partial charge on any atom is 0.407 e. The predicted molar refractivity (Wildman–Crippen MR) is 206 cm³/mol. The molecule has 1 aliphatic carbocycles. The van der Waals surface area contributed by atoms with Gasteiger partial charge in [-0.3, -0.25) is 14.6 Å². The first-order chi connectivity index (χ1) is 26.3. The summed E-state index contributed by atoms with van der Waals surface area (Å²) in [6, 6.07) is 19.7. The molecule has 1 saturated heterocycles. The lowest BCUT2D eigenvalue weighted by molar-refractivity contribution is -0.135. The van der Waals surface area contributed by atoms with Gasteiger partial charge in [0, 0.05) is 37.3 Å². The number of rotatable bonds is 11. The van der Waals surface area contributed by atoms with Crippen LogP contribution in [0.5, 0.6) is 0 Å². The number of benzene rings is 2. The highest BCUT2D eigenvalue weighted by atomic mass is 16.5. The van der Waals surface area contributed by atoms with E-state index in [9.17, 15) is 14.4 Å². The molecule has 2 fully saturated rings.